The molecule has 8 nitrogen and oxygen atoms in total. The monoisotopic (exact) mass is 421 g/mol. The second-order valence-corrected chi connectivity index (χ2v) is 7.95. The highest BCUT2D eigenvalue weighted by Gasteiger charge is 2.20. The molecule has 28 heavy (non-hydrogen) atoms. The lowest BCUT2D eigenvalue weighted by atomic mass is 10.2. The van der Waals surface area contributed by atoms with E-state index in [4.69, 9.17) is 21.6 Å². The molecule has 2 rings (SSSR count). The number of ether oxygens (including phenoxy) is 1. The van der Waals surface area contributed by atoms with Gasteiger partial charge in [-0.05, 0) is 43.3 Å². The standard InChI is InChI=1S/C18H16ClN3O5S/c1-11(17(23)21-14-7-6-13(10-20)16(19)9-14)27-18(24)12-4-3-5-15(8-12)22-28(2,25)26/h3-9,11,22H,1-2H3,(H,21,23). The van der Waals surface area contributed by atoms with Crippen LogP contribution in [0.4, 0.5) is 11.4 Å². The van der Waals surface area contributed by atoms with Crippen LogP contribution in [0.15, 0.2) is 42.5 Å². The third-order valence-corrected chi connectivity index (χ3v) is 4.33. The lowest BCUT2D eigenvalue weighted by Crippen LogP contribution is -2.30. The quantitative estimate of drug-likeness (QED) is 0.691. The molecule has 146 valence electrons. The van der Waals surface area contributed by atoms with Gasteiger partial charge in [-0.25, -0.2) is 13.2 Å². The molecule has 1 unspecified atom stereocenters. The van der Waals surface area contributed by atoms with Gasteiger partial charge in [-0.3, -0.25) is 9.52 Å². The van der Waals surface area contributed by atoms with Crippen LogP contribution < -0.4 is 10.0 Å². The van der Waals surface area contributed by atoms with Crippen LogP contribution in [0.3, 0.4) is 0 Å². The molecule has 0 aliphatic carbocycles. The molecule has 1 amide bonds. The average Bonchev–Trinajstić information content (AvgIpc) is 2.60. The molecule has 2 N–H and O–H groups in total. The van der Waals surface area contributed by atoms with Gasteiger partial charge in [-0.1, -0.05) is 17.7 Å². The van der Waals surface area contributed by atoms with E-state index < -0.39 is 28.0 Å². The van der Waals surface area contributed by atoms with Crippen LogP contribution in [0.2, 0.25) is 5.02 Å². The molecule has 0 spiro atoms. The van der Waals surface area contributed by atoms with E-state index in [-0.39, 0.29) is 21.8 Å². The van der Waals surface area contributed by atoms with E-state index in [1.807, 2.05) is 6.07 Å². The molecule has 0 fully saturated rings. The van der Waals surface area contributed by atoms with Crippen molar-refractivity contribution >= 4 is 44.9 Å². The summed E-state index contributed by atoms with van der Waals surface area (Å²) in [5, 5.41) is 11.6. The van der Waals surface area contributed by atoms with Crippen LogP contribution in [-0.4, -0.2) is 32.7 Å². The van der Waals surface area contributed by atoms with Gasteiger partial charge in [-0.15, -0.1) is 0 Å². The zero-order chi connectivity index (χ0) is 20.9. The maximum Gasteiger partial charge on any atom is 0.338 e. The lowest BCUT2D eigenvalue weighted by Gasteiger charge is -2.14. The molecule has 0 bridgehead atoms. The Kier molecular flexibility index (Phi) is 6.62. The zero-order valence-corrected chi connectivity index (χ0v) is 16.5. The number of nitrogens with zero attached hydrogens (tertiary/aromatic N) is 1. The number of rotatable bonds is 6. The van der Waals surface area contributed by atoms with Crippen molar-refractivity contribution in [2.75, 3.05) is 16.3 Å². The summed E-state index contributed by atoms with van der Waals surface area (Å²) < 4.78 is 29.9. The molecular weight excluding hydrogens is 406 g/mol. The Bertz CT molecular complexity index is 1060. The van der Waals surface area contributed by atoms with Crippen LogP contribution in [0, 0.1) is 11.3 Å². The van der Waals surface area contributed by atoms with Crippen molar-refractivity contribution in [2.24, 2.45) is 0 Å². The van der Waals surface area contributed by atoms with E-state index >= 15 is 0 Å². The largest absolute Gasteiger partial charge is 0.449 e. The Balaban J connectivity index is 2.03. The average molecular weight is 422 g/mol. The molecule has 0 heterocycles. The first-order valence-electron chi connectivity index (χ1n) is 7.88. The predicted molar refractivity (Wildman–Crippen MR) is 105 cm³/mol. The summed E-state index contributed by atoms with van der Waals surface area (Å²) in [5.74, 6) is -1.39. The fourth-order valence-electron chi connectivity index (χ4n) is 2.13. The number of carbonyl (C=O) groups excluding carboxylic acids is 2. The van der Waals surface area contributed by atoms with Crippen molar-refractivity contribution < 1.29 is 22.7 Å². The first kappa shape index (κ1) is 21.2. The van der Waals surface area contributed by atoms with Crippen molar-refractivity contribution in [3.63, 3.8) is 0 Å². The van der Waals surface area contributed by atoms with Crippen LogP contribution >= 0.6 is 11.6 Å². The Morgan fingerprint density at radius 3 is 2.50 bits per heavy atom. The maximum atomic E-state index is 12.2. The molecule has 0 radical (unpaired) electrons. The van der Waals surface area contributed by atoms with Gasteiger partial charge in [-0.2, -0.15) is 5.26 Å². The Hall–Kier alpha value is -3.09. The highest BCUT2D eigenvalue weighted by atomic mass is 35.5. The predicted octanol–water partition coefficient (Wildman–Crippen LogP) is 2.77. The van der Waals surface area contributed by atoms with Crippen molar-refractivity contribution in [1.29, 1.82) is 5.26 Å². The summed E-state index contributed by atoms with van der Waals surface area (Å²) in [6.07, 6.45) is -0.145. The van der Waals surface area contributed by atoms with Gasteiger partial charge in [0.05, 0.1) is 22.4 Å². The summed E-state index contributed by atoms with van der Waals surface area (Å²) in [6.45, 7) is 1.39. The molecule has 0 aliphatic rings. The lowest BCUT2D eigenvalue weighted by molar-refractivity contribution is -0.123. The van der Waals surface area contributed by atoms with Crippen LogP contribution in [0.5, 0.6) is 0 Å². The topological polar surface area (TPSA) is 125 Å². The second kappa shape index (κ2) is 8.73. The van der Waals surface area contributed by atoms with E-state index in [0.29, 0.717) is 5.69 Å². The van der Waals surface area contributed by atoms with Crippen molar-refractivity contribution in [2.45, 2.75) is 13.0 Å². The number of anilines is 2. The second-order valence-electron chi connectivity index (χ2n) is 5.80. The number of hydrogen-bond donors (Lipinski definition) is 2. The number of halogens is 1. The molecular formula is C18H16ClN3O5S. The van der Waals surface area contributed by atoms with E-state index in [0.717, 1.165) is 6.26 Å². The first-order chi connectivity index (χ1) is 13.1. The number of esters is 1. The van der Waals surface area contributed by atoms with Crippen molar-refractivity contribution in [3.8, 4) is 6.07 Å². The number of nitriles is 1. The molecule has 0 saturated heterocycles. The van der Waals surface area contributed by atoms with Gasteiger partial charge in [0.25, 0.3) is 5.91 Å². The summed E-state index contributed by atoms with van der Waals surface area (Å²) in [5.41, 5.74) is 0.883. The number of benzene rings is 2. The third-order valence-electron chi connectivity index (χ3n) is 3.41. The third kappa shape index (κ3) is 5.97. The molecule has 2 aromatic carbocycles. The van der Waals surface area contributed by atoms with Gasteiger partial charge in [0.2, 0.25) is 10.0 Å². The summed E-state index contributed by atoms with van der Waals surface area (Å²) in [4.78, 5) is 24.4. The molecule has 2 aromatic rings. The number of sulfonamides is 1. The smallest absolute Gasteiger partial charge is 0.338 e. The van der Waals surface area contributed by atoms with E-state index in [1.54, 1.807) is 0 Å². The maximum absolute atomic E-state index is 12.2. The minimum Gasteiger partial charge on any atom is -0.449 e. The molecule has 0 aliphatic heterocycles. The molecule has 10 heteroatoms. The van der Waals surface area contributed by atoms with Gasteiger partial charge < -0.3 is 10.1 Å². The number of nitrogens with one attached hydrogen (secondary N) is 2. The van der Waals surface area contributed by atoms with Gasteiger partial charge in [0.1, 0.15) is 6.07 Å². The first-order valence-corrected chi connectivity index (χ1v) is 10.2. The SMILES string of the molecule is CC(OC(=O)c1cccc(NS(C)(=O)=O)c1)C(=O)Nc1ccc(C#N)c(Cl)c1. The Labute approximate surface area is 167 Å². The number of hydrogen-bond acceptors (Lipinski definition) is 6. The number of carbonyl (C=O) groups is 2. The van der Waals surface area contributed by atoms with Crippen LogP contribution in [0.1, 0.15) is 22.8 Å². The minimum atomic E-state index is -3.50. The van der Waals surface area contributed by atoms with Crippen molar-refractivity contribution in [3.05, 3.63) is 58.6 Å². The van der Waals surface area contributed by atoms with Crippen molar-refractivity contribution in [1.82, 2.24) is 0 Å². The number of amides is 1. The molecule has 1 atom stereocenters. The van der Waals surface area contributed by atoms with Crippen LogP contribution in [0.25, 0.3) is 0 Å². The highest BCUT2D eigenvalue weighted by molar-refractivity contribution is 7.92. The van der Waals surface area contributed by atoms with Crippen LogP contribution in [-0.2, 0) is 19.6 Å². The van der Waals surface area contributed by atoms with Gasteiger partial charge in [0.15, 0.2) is 6.10 Å². The highest BCUT2D eigenvalue weighted by Crippen LogP contribution is 2.20. The Morgan fingerprint density at radius 1 is 1.18 bits per heavy atom. The molecule has 0 aromatic heterocycles. The van der Waals surface area contributed by atoms with Gasteiger partial charge >= 0.3 is 5.97 Å². The van der Waals surface area contributed by atoms with Gasteiger partial charge in [0, 0.05) is 11.4 Å². The summed E-state index contributed by atoms with van der Waals surface area (Å²) in [7, 11) is -3.50. The van der Waals surface area contributed by atoms with E-state index in [9.17, 15) is 18.0 Å². The fraction of sp³-hybridized carbons (Fsp3) is 0.167. The zero-order valence-electron chi connectivity index (χ0n) is 14.9. The molecule has 0 saturated carbocycles. The summed E-state index contributed by atoms with van der Waals surface area (Å²) >= 11 is 5.91. The van der Waals surface area contributed by atoms with E-state index in [2.05, 4.69) is 10.0 Å². The minimum absolute atomic E-state index is 0.0784. The van der Waals surface area contributed by atoms with E-state index in [1.165, 1.54) is 49.4 Å². The summed E-state index contributed by atoms with van der Waals surface area (Å²) in [6, 6.07) is 12.0. The fourth-order valence-corrected chi connectivity index (χ4v) is 2.91. The Morgan fingerprint density at radius 2 is 1.89 bits per heavy atom. The normalized spacial score (nSPS) is 11.8.